The molecule has 2 heterocycles. The second-order valence-electron chi connectivity index (χ2n) is 4.30. The number of para-hydroxylation sites is 1. The molecule has 4 nitrogen and oxygen atoms in total. The van der Waals surface area contributed by atoms with Crippen LogP contribution in [0.4, 0.5) is 0 Å². The first-order chi connectivity index (χ1) is 9.70. The molecule has 102 valence electrons. The van der Waals surface area contributed by atoms with Gasteiger partial charge in [-0.3, -0.25) is 9.36 Å². The molecular weight excluding hydrogens is 292 g/mol. The topological polar surface area (TPSA) is 47.0 Å². The molecular formula is C14H12N2O2S2. The number of rotatable bonds is 3. The van der Waals surface area contributed by atoms with Crippen molar-refractivity contribution in [2.45, 2.75) is 6.54 Å². The van der Waals surface area contributed by atoms with Crippen molar-refractivity contribution in [3.8, 4) is 5.75 Å². The third-order valence-electron chi connectivity index (χ3n) is 3.11. The predicted octanol–water partition coefficient (Wildman–Crippen LogP) is 3.18. The number of nitrogens with zero attached hydrogens (tertiary/aromatic N) is 1. The summed E-state index contributed by atoms with van der Waals surface area (Å²) in [5, 5.41) is 1.88. The van der Waals surface area contributed by atoms with Gasteiger partial charge in [0.25, 0.3) is 5.56 Å². The average molecular weight is 304 g/mol. The maximum absolute atomic E-state index is 12.5. The van der Waals surface area contributed by atoms with E-state index in [1.165, 1.54) is 11.3 Å². The summed E-state index contributed by atoms with van der Waals surface area (Å²) in [6.07, 6.45) is 0. The molecule has 0 aliphatic heterocycles. The minimum Gasteiger partial charge on any atom is -0.496 e. The zero-order valence-corrected chi connectivity index (χ0v) is 12.4. The van der Waals surface area contributed by atoms with Crippen molar-refractivity contribution >= 4 is 33.8 Å². The number of aromatic amines is 1. The summed E-state index contributed by atoms with van der Waals surface area (Å²) >= 11 is 6.70. The van der Waals surface area contributed by atoms with E-state index in [0.717, 1.165) is 16.8 Å². The molecule has 0 aliphatic carbocycles. The summed E-state index contributed by atoms with van der Waals surface area (Å²) in [7, 11) is 1.62. The Hall–Kier alpha value is -1.92. The van der Waals surface area contributed by atoms with E-state index in [9.17, 15) is 4.79 Å². The third-order valence-corrected chi connectivity index (χ3v) is 4.34. The second kappa shape index (κ2) is 5.22. The van der Waals surface area contributed by atoms with Gasteiger partial charge in [-0.2, -0.15) is 0 Å². The zero-order chi connectivity index (χ0) is 14.1. The Kier molecular flexibility index (Phi) is 3.42. The summed E-state index contributed by atoms with van der Waals surface area (Å²) in [5.74, 6) is 0.750. The van der Waals surface area contributed by atoms with Gasteiger partial charge < -0.3 is 9.72 Å². The number of nitrogens with one attached hydrogen (secondary N) is 1. The van der Waals surface area contributed by atoms with E-state index >= 15 is 0 Å². The van der Waals surface area contributed by atoms with Gasteiger partial charge >= 0.3 is 0 Å². The SMILES string of the molecule is COc1ccccc1Cn1c(=S)[nH]c2ccsc2c1=O. The minimum atomic E-state index is -0.0651. The number of hydrogen-bond acceptors (Lipinski definition) is 4. The minimum absolute atomic E-state index is 0.0651. The van der Waals surface area contributed by atoms with Crippen LogP contribution in [0.15, 0.2) is 40.5 Å². The van der Waals surface area contributed by atoms with Crippen LogP contribution in [0.2, 0.25) is 0 Å². The third kappa shape index (κ3) is 2.17. The second-order valence-corrected chi connectivity index (χ2v) is 5.60. The molecule has 0 aliphatic rings. The van der Waals surface area contributed by atoms with Gasteiger partial charge in [0.15, 0.2) is 4.77 Å². The van der Waals surface area contributed by atoms with Crippen LogP contribution in [0, 0.1) is 4.77 Å². The Labute approximate surface area is 124 Å². The van der Waals surface area contributed by atoms with Gasteiger partial charge in [0.2, 0.25) is 0 Å². The Morgan fingerprint density at radius 2 is 2.15 bits per heavy atom. The van der Waals surface area contributed by atoms with Gasteiger partial charge in [-0.1, -0.05) is 18.2 Å². The summed E-state index contributed by atoms with van der Waals surface area (Å²) in [6.45, 7) is 0.395. The maximum atomic E-state index is 12.5. The highest BCUT2D eigenvalue weighted by Crippen LogP contribution is 2.19. The number of thiophene rings is 1. The number of benzene rings is 1. The molecule has 0 bridgehead atoms. The van der Waals surface area contributed by atoms with E-state index in [1.807, 2.05) is 35.7 Å². The fourth-order valence-corrected chi connectivity index (χ4v) is 3.17. The van der Waals surface area contributed by atoms with Gasteiger partial charge in [-0.25, -0.2) is 0 Å². The quantitative estimate of drug-likeness (QED) is 0.756. The molecule has 0 atom stereocenters. The molecule has 3 aromatic rings. The van der Waals surface area contributed by atoms with Gasteiger partial charge in [0, 0.05) is 5.56 Å². The normalized spacial score (nSPS) is 10.8. The molecule has 0 amide bonds. The molecule has 3 rings (SSSR count). The fourth-order valence-electron chi connectivity index (χ4n) is 2.12. The molecule has 20 heavy (non-hydrogen) atoms. The monoisotopic (exact) mass is 304 g/mol. The summed E-state index contributed by atoms with van der Waals surface area (Å²) in [6, 6.07) is 9.48. The van der Waals surface area contributed by atoms with Gasteiger partial charge in [0.1, 0.15) is 10.4 Å². The Bertz CT molecular complexity index is 877. The van der Waals surface area contributed by atoms with Gasteiger partial charge in [-0.15, -0.1) is 11.3 Å². The number of ether oxygens (including phenoxy) is 1. The van der Waals surface area contributed by atoms with Crippen molar-refractivity contribution in [1.82, 2.24) is 9.55 Å². The highest BCUT2D eigenvalue weighted by Gasteiger charge is 2.09. The Balaban J connectivity index is 2.15. The lowest BCUT2D eigenvalue weighted by molar-refractivity contribution is 0.408. The van der Waals surface area contributed by atoms with Crippen molar-refractivity contribution < 1.29 is 4.74 Å². The van der Waals surface area contributed by atoms with Crippen molar-refractivity contribution in [2.75, 3.05) is 7.11 Å². The van der Waals surface area contributed by atoms with Crippen LogP contribution in [0.25, 0.3) is 10.2 Å². The van der Waals surface area contributed by atoms with Crippen LogP contribution in [0.5, 0.6) is 5.75 Å². The van der Waals surface area contributed by atoms with Crippen molar-refractivity contribution in [3.05, 3.63) is 56.4 Å². The van der Waals surface area contributed by atoms with Crippen LogP contribution in [0.1, 0.15) is 5.56 Å². The van der Waals surface area contributed by atoms with E-state index in [-0.39, 0.29) is 5.56 Å². The summed E-state index contributed by atoms with van der Waals surface area (Å²) in [4.78, 5) is 15.5. The molecule has 1 aromatic carbocycles. The molecule has 1 N–H and O–H groups in total. The van der Waals surface area contributed by atoms with Crippen LogP contribution in [-0.2, 0) is 6.54 Å². The van der Waals surface area contributed by atoms with E-state index in [4.69, 9.17) is 17.0 Å². The van der Waals surface area contributed by atoms with E-state index in [2.05, 4.69) is 4.98 Å². The standard InChI is InChI=1S/C14H12N2O2S2/c1-18-11-5-3-2-4-9(11)8-16-13(17)12-10(6-7-20-12)15-14(16)19/h2-7H,8H2,1H3,(H,15,19). The lowest BCUT2D eigenvalue weighted by Crippen LogP contribution is -2.22. The summed E-state index contributed by atoms with van der Waals surface area (Å²) in [5.41, 5.74) is 1.65. The van der Waals surface area contributed by atoms with Crippen LogP contribution in [0.3, 0.4) is 0 Å². The molecule has 6 heteroatoms. The molecule has 2 aromatic heterocycles. The van der Waals surface area contributed by atoms with E-state index < -0.39 is 0 Å². The highest BCUT2D eigenvalue weighted by molar-refractivity contribution is 7.71. The van der Waals surface area contributed by atoms with Crippen molar-refractivity contribution in [2.24, 2.45) is 0 Å². The Morgan fingerprint density at radius 1 is 1.35 bits per heavy atom. The van der Waals surface area contributed by atoms with E-state index in [0.29, 0.717) is 16.0 Å². The van der Waals surface area contributed by atoms with Gasteiger partial charge in [0.05, 0.1) is 19.2 Å². The molecule has 0 spiro atoms. The highest BCUT2D eigenvalue weighted by atomic mass is 32.1. The largest absolute Gasteiger partial charge is 0.496 e. The number of hydrogen-bond donors (Lipinski definition) is 1. The van der Waals surface area contributed by atoms with Crippen LogP contribution in [-0.4, -0.2) is 16.7 Å². The smallest absolute Gasteiger partial charge is 0.272 e. The summed E-state index contributed by atoms with van der Waals surface area (Å²) < 4.78 is 7.99. The number of H-pyrrole nitrogens is 1. The van der Waals surface area contributed by atoms with Crippen molar-refractivity contribution in [3.63, 3.8) is 0 Å². The average Bonchev–Trinajstić information content (AvgIpc) is 2.92. The molecule has 0 unspecified atom stereocenters. The van der Waals surface area contributed by atoms with Gasteiger partial charge in [-0.05, 0) is 29.7 Å². The van der Waals surface area contributed by atoms with Crippen LogP contribution >= 0.6 is 23.6 Å². The predicted molar refractivity (Wildman–Crippen MR) is 83.4 cm³/mol. The molecule has 0 saturated carbocycles. The number of methoxy groups -OCH3 is 1. The van der Waals surface area contributed by atoms with Crippen LogP contribution < -0.4 is 10.3 Å². The van der Waals surface area contributed by atoms with Crippen molar-refractivity contribution in [1.29, 1.82) is 0 Å². The first-order valence-corrected chi connectivity index (χ1v) is 7.31. The first-order valence-electron chi connectivity index (χ1n) is 6.03. The molecule has 0 fully saturated rings. The fraction of sp³-hybridized carbons (Fsp3) is 0.143. The lowest BCUT2D eigenvalue weighted by atomic mass is 10.2. The first kappa shape index (κ1) is 13.1. The number of aromatic nitrogens is 2. The maximum Gasteiger partial charge on any atom is 0.272 e. The lowest BCUT2D eigenvalue weighted by Gasteiger charge is -2.10. The number of fused-ring (bicyclic) bond motifs is 1. The Morgan fingerprint density at radius 3 is 2.95 bits per heavy atom. The molecule has 0 radical (unpaired) electrons. The van der Waals surface area contributed by atoms with E-state index in [1.54, 1.807) is 11.7 Å². The zero-order valence-electron chi connectivity index (χ0n) is 10.8. The molecule has 0 saturated heterocycles.